The molecule has 0 unspecified atom stereocenters. The second-order valence-corrected chi connectivity index (χ2v) is 3.02. The Morgan fingerprint density at radius 2 is 2.00 bits per heavy atom. The van der Waals surface area contributed by atoms with E-state index in [0.717, 1.165) is 6.42 Å². The highest BCUT2D eigenvalue weighted by Crippen LogP contribution is 2.12. The summed E-state index contributed by atoms with van der Waals surface area (Å²) in [6.45, 7) is 2.04. The Morgan fingerprint density at radius 3 is 2.53 bits per heavy atom. The summed E-state index contributed by atoms with van der Waals surface area (Å²) in [7, 11) is 1.38. The monoisotopic (exact) mass is 209 g/mol. The number of hydrogen-bond donors (Lipinski definition) is 1. The van der Waals surface area contributed by atoms with Gasteiger partial charge < -0.3 is 4.74 Å². The molecule has 0 aliphatic heterocycles. The lowest BCUT2D eigenvalue weighted by Gasteiger charge is -2.06. The first-order chi connectivity index (χ1) is 7.26. The molecule has 0 spiro atoms. The van der Waals surface area contributed by atoms with Crippen molar-refractivity contribution in [2.24, 2.45) is 0 Å². The first kappa shape index (κ1) is 11.5. The second kappa shape index (κ2) is 6.03. The van der Waals surface area contributed by atoms with Gasteiger partial charge in [-0.25, -0.2) is 5.48 Å². The quantitative estimate of drug-likeness (QED) is 0.744. The summed E-state index contributed by atoms with van der Waals surface area (Å²) in [6, 6.07) is 7.64. The molecule has 0 bridgehead atoms. The SMILES string of the molecule is CCc1ccc(OCC(=O)NOC)cc1. The smallest absolute Gasteiger partial charge is 0.281 e. The van der Waals surface area contributed by atoms with Crippen LogP contribution in [0, 0.1) is 0 Å². The standard InChI is InChI=1S/C11H15NO3/c1-3-9-4-6-10(7-5-9)15-8-11(13)12-14-2/h4-7H,3,8H2,1-2H3,(H,12,13). The van der Waals surface area contributed by atoms with Gasteiger partial charge in [-0.1, -0.05) is 19.1 Å². The van der Waals surface area contributed by atoms with Gasteiger partial charge in [-0.3, -0.25) is 9.63 Å². The number of benzene rings is 1. The van der Waals surface area contributed by atoms with Crippen LogP contribution in [-0.2, 0) is 16.1 Å². The molecule has 0 aliphatic carbocycles. The molecule has 0 atom stereocenters. The van der Waals surface area contributed by atoms with Gasteiger partial charge in [-0.05, 0) is 24.1 Å². The maximum absolute atomic E-state index is 11.0. The lowest BCUT2D eigenvalue weighted by molar-refractivity contribution is -0.133. The van der Waals surface area contributed by atoms with Crippen molar-refractivity contribution in [3.05, 3.63) is 29.8 Å². The zero-order chi connectivity index (χ0) is 11.1. The molecule has 1 amide bonds. The summed E-state index contributed by atoms with van der Waals surface area (Å²) in [5, 5.41) is 0. The number of carbonyl (C=O) groups is 1. The van der Waals surface area contributed by atoms with Crippen LogP contribution in [0.1, 0.15) is 12.5 Å². The largest absolute Gasteiger partial charge is 0.484 e. The molecule has 1 rings (SSSR count). The number of carbonyl (C=O) groups excluding carboxylic acids is 1. The van der Waals surface area contributed by atoms with Gasteiger partial charge >= 0.3 is 0 Å². The predicted octanol–water partition coefficient (Wildman–Crippen LogP) is 1.31. The molecule has 4 heteroatoms. The Kier molecular flexibility index (Phi) is 4.63. The molecule has 0 aliphatic rings. The van der Waals surface area contributed by atoms with Crippen LogP contribution in [0.15, 0.2) is 24.3 Å². The fourth-order valence-corrected chi connectivity index (χ4v) is 1.11. The van der Waals surface area contributed by atoms with Gasteiger partial charge in [-0.2, -0.15) is 0 Å². The summed E-state index contributed by atoms with van der Waals surface area (Å²) in [5.74, 6) is 0.371. The first-order valence-electron chi connectivity index (χ1n) is 4.79. The van der Waals surface area contributed by atoms with E-state index in [-0.39, 0.29) is 12.5 Å². The Morgan fingerprint density at radius 1 is 1.33 bits per heavy atom. The summed E-state index contributed by atoms with van der Waals surface area (Å²) in [5.41, 5.74) is 3.41. The van der Waals surface area contributed by atoms with E-state index in [4.69, 9.17) is 4.74 Å². The van der Waals surface area contributed by atoms with E-state index < -0.39 is 0 Å². The number of amides is 1. The minimum Gasteiger partial charge on any atom is -0.484 e. The molecule has 0 radical (unpaired) electrons. The molecule has 0 heterocycles. The van der Waals surface area contributed by atoms with Crippen molar-refractivity contribution >= 4 is 5.91 Å². The zero-order valence-corrected chi connectivity index (χ0v) is 8.95. The molecule has 0 aromatic heterocycles. The highest BCUT2D eigenvalue weighted by molar-refractivity contribution is 5.76. The fourth-order valence-electron chi connectivity index (χ4n) is 1.11. The second-order valence-electron chi connectivity index (χ2n) is 3.02. The number of aryl methyl sites for hydroxylation is 1. The van der Waals surface area contributed by atoms with Crippen LogP contribution < -0.4 is 10.2 Å². The zero-order valence-electron chi connectivity index (χ0n) is 8.95. The maximum Gasteiger partial charge on any atom is 0.281 e. The van der Waals surface area contributed by atoms with E-state index >= 15 is 0 Å². The highest BCUT2D eigenvalue weighted by Gasteiger charge is 2.01. The van der Waals surface area contributed by atoms with Crippen LogP contribution in [-0.4, -0.2) is 19.6 Å². The van der Waals surface area contributed by atoms with E-state index in [1.54, 1.807) is 0 Å². The molecular formula is C11H15NO3. The van der Waals surface area contributed by atoms with Crippen LogP contribution in [0.2, 0.25) is 0 Å². The van der Waals surface area contributed by atoms with Gasteiger partial charge in [0, 0.05) is 0 Å². The van der Waals surface area contributed by atoms with E-state index in [1.165, 1.54) is 12.7 Å². The van der Waals surface area contributed by atoms with Crippen molar-refractivity contribution in [3.63, 3.8) is 0 Å². The molecule has 1 N–H and O–H groups in total. The van der Waals surface area contributed by atoms with Crippen molar-refractivity contribution in [2.75, 3.05) is 13.7 Å². The van der Waals surface area contributed by atoms with Crippen molar-refractivity contribution in [2.45, 2.75) is 13.3 Å². The van der Waals surface area contributed by atoms with E-state index in [1.807, 2.05) is 24.3 Å². The number of ether oxygens (including phenoxy) is 1. The van der Waals surface area contributed by atoms with Gasteiger partial charge in [-0.15, -0.1) is 0 Å². The van der Waals surface area contributed by atoms with Crippen LogP contribution in [0.5, 0.6) is 5.75 Å². The third kappa shape index (κ3) is 3.99. The number of rotatable bonds is 5. The Hall–Kier alpha value is -1.55. The van der Waals surface area contributed by atoms with Gasteiger partial charge in [0.2, 0.25) is 0 Å². The number of hydrogen-bond acceptors (Lipinski definition) is 3. The van der Waals surface area contributed by atoms with Crippen molar-refractivity contribution < 1.29 is 14.4 Å². The Balaban J connectivity index is 2.40. The van der Waals surface area contributed by atoms with Crippen LogP contribution in [0.3, 0.4) is 0 Å². The molecular weight excluding hydrogens is 194 g/mol. The average Bonchev–Trinajstić information content (AvgIpc) is 2.27. The normalized spacial score (nSPS) is 9.73. The predicted molar refractivity (Wildman–Crippen MR) is 56.5 cm³/mol. The minimum atomic E-state index is -0.308. The molecule has 4 nitrogen and oxygen atoms in total. The van der Waals surface area contributed by atoms with E-state index in [2.05, 4.69) is 17.2 Å². The molecule has 0 fully saturated rings. The van der Waals surface area contributed by atoms with Crippen LogP contribution in [0.4, 0.5) is 0 Å². The summed E-state index contributed by atoms with van der Waals surface area (Å²) in [4.78, 5) is 15.4. The van der Waals surface area contributed by atoms with E-state index in [9.17, 15) is 4.79 Å². The van der Waals surface area contributed by atoms with Crippen LogP contribution in [0.25, 0.3) is 0 Å². The van der Waals surface area contributed by atoms with Crippen molar-refractivity contribution in [1.82, 2.24) is 5.48 Å². The Labute approximate surface area is 89.1 Å². The third-order valence-corrected chi connectivity index (χ3v) is 1.92. The van der Waals surface area contributed by atoms with Gasteiger partial charge in [0.25, 0.3) is 5.91 Å². The Bertz CT molecular complexity index is 308. The van der Waals surface area contributed by atoms with Crippen molar-refractivity contribution in [3.8, 4) is 5.75 Å². The average molecular weight is 209 g/mol. The molecule has 15 heavy (non-hydrogen) atoms. The van der Waals surface area contributed by atoms with Gasteiger partial charge in [0.15, 0.2) is 6.61 Å². The molecule has 1 aromatic carbocycles. The number of hydroxylamine groups is 1. The van der Waals surface area contributed by atoms with Crippen molar-refractivity contribution in [1.29, 1.82) is 0 Å². The molecule has 1 aromatic rings. The topological polar surface area (TPSA) is 47.6 Å². The highest BCUT2D eigenvalue weighted by atomic mass is 16.6. The maximum atomic E-state index is 11.0. The number of nitrogens with one attached hydrogen (secondary N) is 1. The molecule has 82 valence electrons. The van der Waals surface area contributed by atoms with Crippen LogP contribution >= 0.6 is 0 Å². The molecule has 0 saturated heterocycles. The lowest BCUT2D eigenvalue weighted by atomic mass is 10.2. The summed E-state index contributed by atoms with van der Waals surface area (Å²) >= 11 is 0. The summed E-state index contributed by atoms with van der Waals surface area (Å²) < 4.78 is 5.23. The van der Waals surface area contributed by atoms with Gasteiger partial charge in [0.1, 0.15) is 5.75 Å². The summed E-state index contributed by atoms with van der Waals surface area (Å²) in [6.07, 6.45) is 0.991. The van der Waals surface area contributed by atoms with E-state index in [0.29, 0.717) is 5.75 Å². The lowest BCUT2D eigenvalue weighted by Crippen LogP contribution is -2.27. The van der Waals surface area contributed by atoms with Gasteiger partial charge in [0.05, 0.1) is 7.11 Å². The molecule has 0 saturated carbocycles. The minimum absolute atomic E-state index is 0.0423. The third-order valence-electron chi connectivity index (χ3n) is 1.92. The fraction of sp³-hybridized carbons (Fsp3) is 0.364. The first-order valence-corrected chi connectivity index (χ1v) is 4.79.